The van der Waals surface area contributed by atoms with E-state index in [1.807, 2.05) is 54.6 Å². The van der Waals surface area contributed by atoms with E-state index < -0.39 is 5.41 Å². The molecule has 1 fully saturated rings. The van der Waals surface area contributed by atoms with Gasteiger partial charge in [-0.25, -0.2) is 0 Å². The summed E-state index contributed by atoms with van der Waals surface area (Å²) in [7, 11) is 0. The number of para-hydroxylation sites is 1. The number of carbonyl (C=O) groups excluding carboxylic acids is 1. The fourth-order valence-electron chi connectivity index (χ4n) is 3.00. The lowest BCUT2D eigenvalue weighted by Gasteiger charge is -2.34. The molecule has 1 saturated heterocycles. The third kappa shape index (κ3) is 4.38. The summed E-state index contributed by atoms with van der Waals surface area (Å²) in [5, 5.41) is 3.02. The van der Waals surface area contributed by atoms with Gasteiger partial charge in [0.1, 0.15) is 11.5 Å². The molecule has 1 heterocycles. The predicted octanol–water partition coefficient (Wildman–Crippen LogP) is 2.85. The Bertz CT molecular complexity index is 697. The Labute approximate surface area is 148 Å². The van der Waals surface area contributed by atoms with Crippen molar-refractivity contribution < 1.29 is 14.3 Å². The summed E-state index contributed by atoms with van der Waals surface area (Å²) in [4.78, 5) is 12.6. The van der Waals surface area contributed by atoms with E-state index in [1.54, 1.807) is 0 Å². The first-order valence-corrected chi connectivity index (χ1v) is 8.60. The molecule has 0 atom stereocenters. The molecule has 5 heteroatoms. The van der Waals surface area contributed by atoms with Gasteiger partial charge in [-0.15, -0.1) is 0 Å². The van der Waals surface area contributed by atoms with Gasteiger partial charge in [0, 0.05) is 26.3 Å². The van der Waals surface area contributed by atoms with Crippen molar-refractivity contribution in [3.8, 4) is 11.5 Å². The number of nitrogens with one attached hydrogen (secondary N) is 1. The highest BCUT2D eigenvalue weighted by Crippen LogP contribution is 2.29. The van der Waals surface area contributed by atoms with E-state index in [4.69, 9.17) is 15.2 Å². The number of carbonyl (C=O) groups is 1. The summed E-state index contributed by atoms with van der Waals surface area (Å²) in [6.07, 6.45) is 1.35. The van der Waals surface area contributed by atoms with Crippen LogP contribution in [0.25, 0.3) is 0 Å². The van der Waals surface area contributed by atoms with E-state index in [0.717, 1.165) is 17.1 Å². The van der Waals surface area contributed by atoms with Crippen molar-refractivity contribution >= 4 is 5.91 Å². The van der Waals surface area contributed by atoms with Crippen molar-refractivity contribution in [3.63, 3.8) is 0 Å². The van der Waals surface area contributed by atoms with E-state index in [-0.39, 0.29) is 5.91 Å². The largest absolute Gasteiger partial charge is 0.457 e. The second-order valence-electron chi connectivity index (χ2n) is 6.34. The number of rotatable bonds is 6. The SMILES string of the molecule is NCC1(C(=O)NCc2cccc(Oc3ccccc3)c2)CCOCC1. The summed E-state index contributed by atoms with van der Waals surface area (Å²) in [5.74, 6) is 1.54. The van der Waals surface area contributed by atoms with Gasteiger partial charge in [0.15, 0.2) is 0 Å². The first-order chi connectivity index (χ1) is 12.2. The highest BCUT2D eigenvalue weighted by Gasteiger charge is 2.38. The molecule has 1 aliphatic heterocycles. The molecular weight excluding hydrogens is 316 g/mol. The Morgan fingerprint density at radius 2 is 1.80 bits per heavy atom. The summed E-state index contributed by atoms with van der Waals surface area (Å²) >= 11 is 0. The van der Waals surface area contributed by atoms with E-state index in [9.17, 15) is 4.79 Å². The van der Waals surface area contributed by atoms with Crippen LogP contribution in [-0.4, -0.2) is 25.7 Å². The monoisotopic (exact) mass is 340 g/mol. The van der Waals surface area contributed by atoms with Crippen LogP contribution in [0.2, 0.25) is 0 Å². The molecule has 0 aliphatic carbocycles. The van der Waals surface area contributed by atoms with Gasteiger partial charge in [-0.1, -0.05) is 30.3 Å². The van der Waals surface area contributed by atoms with Crippen molar-refractivity contribution in [1.82, 2.24) is 5.32 Å². The first kappa shape index (κ1) is 17.5. The number of ether oxygens (including phenoxy) is 2. The second-order valence-corrected chi connectivity index (χ2v) is 6.34. The maximum atomic E-state index is 12.6. The number of benzene rings is 2. The van der Waals surface area contributed by atoms with Crippen molar-refractivity contribution in [2.45, 2.75) is 19.4 Å². The summed E-state index contributed by atoms with van der Waals surface area (Å²) in [6, 6.07) is 17.4. The molecule has 0 saturated carbocycles. The van der Waals surface area contributed by atoms with Crippen molar-refractivity contribution in [2.75, 3.05) is 19.8 Å². The molecule has 1 amide bonds. The first-order valence-electron chi connectivity index (χ1n) is 8.60. The molecule has 0 bridgehead atoms. The standard InChI is InChI=1S/C20H24N2O3/c21-15-20(9-11-24-12-10-20)19(23)22-14-16-5-4-8-18(13-16)25-17-6-2-1-3-7-17/h1-8,13H,9-12,14-15,21H2,(H,22,23). The zero-order valence-corrected chi connectivity index (χ0v) is 14.2. The van der Waals surface area contributed by atoms with Crippen LogP contribution in [0.1, 0.15) is 18.4 Å². The third-order valence-corrected chi connectivity index (χ3v) is 4.65. The van der Waals surface area contributed by atoms with Gasteiger partial charge in [0.25, 0.3) is 0 Å². The summed E-state index contributed by atoms with van der Waals surface area (Å²) < 4.78 is 11.2. The minimum absolute atomic E-state index is 0.00711. The zero-order valence-electron chi connectivity index (χ0n) is 14.2. The molecule has 132 valence electrons. The quantitative estimate of drug-likeness (QED) is 0.848. The molecule has 1 aliphatic rings. The Kier molecular flexibility index (Phi) is 5.68. The van der Waals surface area contributed by atoms with Crippen LogP contribution in [0.5, 0.6) is 11.5 Å². The minimum Gasteiger partial charge on any atom is -0.457 e. The molecule has 0 radical (unpaired) electrons. The van der Waals surface area contributed by atoms with Gasteiger partial charge in [0.2, 0.25) is 5.91 Å². The van der Waals surface area contributed by atoms with E-state index >= 15 is 0 Å². The molecule has 25 heavy (non-hydrogen) atoms. The average Bonchev–Trinajstić information content (AvgIpc) is 2.68. The Morgan fingerprint density at radius 1 is 1.08 bits per heavy atom. The van der Waals surface area contributed by atoms with Crippen molar-refractivity contribution in [2.24, 2.45) is 11.1 Å². The molecule has 3 rings (SSSR count). The highest BCUT2D eigenvalue weighted by molar-refractivity contribution is 5.83. The van der Waals surface area contributed by atoms with Crippen LogP contribution >= 0.6 is 0 Å². The molecule has 0 unspecified atom stereocenters. The number of hydrogen-bond acceptors (Lipinski definition) is 4. The maximum absolute atomic E-state index is 12.6. The predicted molar refractivity (Wildman–Crippen MR) is 96.3 cm³/mol. The number of nitrogens with two attached hydrogens (primary N) is 1. The lowest BCUT2D eigenvalue weighted by atomic mass is 9.79. The number of hydrogen-bond donors (Lipinski definition) is 2. The smallest absolute Gasteiger partial charge is 0.227 e. The zero-order chi connectivity index (χ0) is 17.5. The second kappa shape index (κ2) is 8.14. The van der Waals surface area contributed by atoms with Gasteiger partial charge < -0.3 is 20.5 Å². The number of amides is 1. The Morgan fingerprint density at radius 3 is 2.52 bits per heavy atom. The summed E-state index contributed by atoms with van der Waals surface area (Å²) in [5.41, 5.74) is 6.37. The van der Waals surface area contributed by atoms with Crippen LogP contribution < -0.4 is 15.8 Å². The molecule has 3 N–H and O–H groups in total. The summed E-state index contributed by atoms with van der Waals surface area (Å²) in [6.45, 7) is 1.98. The molecule has 2 aromatic carbocycles. The topological polar surface area (TPSA) is 73.6 Å². The van der Waals surface area contributed by atoms with Gasteiger partial charge >= 0.3 is 0 Å². The van der Waals surface area contributed by atoms with Crippen LogP contribution in [0.3, 0.4) is 0 Å². The lowest BCUT2D eigenvalue weighted by Crippen LogP contribution is -2.48. The van der Waals surface area contributed by atoms with E-state index in [1.165, 1.54) is 0 Å². The van der Waals surface area contributed by atoms with Crippen molar-refractivity contribution in [1.29, 1.82) is 0 Å². The van der Waals surface area contributed by atoms with Crippen LogP contribution in [0, 0.1) is 5.41 Å². The minimum atomic E-state index is -0.504. The Balaban J connectivity index is 1.61. The normalized spacial score (nSPS) is 16.2. The van der Waals surface area contributed by atoms with Gasteiger partial charge in [-0.05, 0) is 42.7 Å². The van der Waals surface area contributed by atoms with Gasteiger partial charge in [0.05, 0.1) is 5.41 Å². The Hall–Kier alpha value is -2.37. The van der Waals surface area contributed by atoms with Crippen LogP contribution in [-0.2, 0) is 16.1 Å². The van der Waals surface area contributed by atoms with Gasteiger partial charge in [-0.2, -0.15) is 0 Å². The average molecular weight is 340 g/mol. The lowest BCUT2D eigenvalue weighted by molar-refractivity contribution is -0.136. The van der Waals surface area contributed by atoms with E-state index in [0.29, 0.717) is 39.1 Å². The molecule has 0 spiro atoms. The van der Waals surface area contributed by atoms with Gasteiger partial charge in [-0.3, -0.25) is 4.79 Å². The van der Waals surface area contributed by atoms with E-state index in [2.05, 4.69) is 5.32 Å². The molecule has 0 aromatic heterocycles. The van der Waals surface area contributed by atoms with Crippen LogP contribution in [0.4, 0.5) is 0 Å². The molecule has 5 nitrogen and oxygen atoms in total. The fourth-order valence-corrected chi connectivity index (χ4v) is 3.00. The van der Waals surface area contributed by atoms with Crippen LogP contribution in [0.15, 0.2) is 54.6 Å². The third-order valence-electron chi connectivity index (χ3n) is 4.65. The molecular formula is C20H24N2O3. The molecule has 2 aromatic rings. The maximum Gasteiger partial charge on any atom is 0.227 e. The van der Waals surface area contributed by atoms with Crippen molar-refractivity contribution in [3.05, 3.63) is 60.2 Å². The highest BCUT2D eigenvalue weighted by atomic mass is 16.5. The fraction of sp³-hybridized carbons (Fsp3) is 0.350.